The van der Waals surface area contributed by atoms with E-state index in [1.165, 1.54) is 31.1 Å². The third-order valence-corrected chi connectivity index (χ3v) is 6.11. The average molecular weight is 448 g/mol. The van der Waals surface area contributed by atoms with Gasteiger partial charge < -0.3 is 19.3 Å². The highest BCUT2D eigenvalue weighted by atomic mass is 35.5. The summed E-state index contributed by atoms with van der Waals surface area (Å²) in [6.45, 7) is 4.77. The van der Waals surface area contributed by atoms with Crippen molar-refractivity contribution in [3.8, 4) is 5.75 Å². The van der Waals surface area contributed by atoms with Crippen molar-refractivity contribution < 1.29 is 27.5 Å². The molecule has 162 valence electrons. The van der Waals surface area contributed by atoms with E-state index in [2.05, 4.69) is 0 Å². The molecule has 1 atom stereocenters. The molecule has 11 heteroatoms. The zero-order valence-electron chi connectivity index (χ0n) is 16.9. The zero-order chi connectivity index (χ0) is 21.8. The van der Waals surface area contributed by atoms with E-state index in [0.717, 1.165) is 10.6 Å². The lowest BCUT2D eigenvalue weighted by molar-refractivity contribution is -0.133. The van der Waals surface area contributed by atoms with Crippen molar-refractivity contribution in [3.63, 3.8) is 0 Å². The number of piperazine rings is 1. The van der Waals surface area contributed by atoms with E-state index in [4.69, 9.17) is 21.1 Å². The molecule has 0 bridgehead atoms. The highest BCUT2D eigenvalue weighted by Gasteiger charge is 2.34. The maximum atomic E-state index is 13.0. The van der Waals surface area contributed by atoms with Crippen LogP contribution in [-0.4, -0.2) is 82.4 Å². The number of ether oxygens (including phenoxy) is 2. The molecule has 0 radical (unpaired) electrons. The Bertz CT molecular complexity index is 855. The lowest BCUT2D eigenvalue weighted by Gasteiger charge is -2.37. The second kappa shape index (κ2) is 9.53. The van der Waals surface area contributed by atoms with Gasteiger partial charge in [0.2, 0.25) is 15.9 Å². The summed E-state index contributed by atoms with van der Waals surface area (Å²) in [4.78, 5) is 27.9. The second-order valence-electron chi connectivity index (χ2n) is 6.56. The smallest absolute Gasteiger partial charge is 0.409 e. The first kappa shape index (κ1) is 23.1. The lowest BCUT2D eigenvalue weighted by Crippen LogP contribution is -2.56. The van der Waals surface area contributed by atoms with Gasteiger partial charge in [0, 0.05) is 26.2 Å². The minimum Gasteiger partial charge on any atom is -0.495 e. The Balaban J connectivity index is 2.18. The van der Waals surface area contributed by atoms with Crippen LogP contribution in [0.3, 0.4) is 0 Å². The Hall–Kier alpha value is -2.20. The molecule has 1 aliphatic heterocycles. The van der Waals surface area contributed by atoms with Crippen LogP contribution in [0.2, 0.25) is 5.02 Å². The van der Waals surface area contributed by atoms with E-state index in [9.17, 15) is 18.0 Å². The molecule has 1 saturated heterocycles. The molecule has 0 spiro atoms. The van der Waals surface area contributed by atoms with Gasteiger partial charge >= 0.3 is 6.09 Å². The van der Waals surface area contributed by atoms with Crippen LogP contribution in [0.15, 0.2) is 18.2 Å². The van der Waals surface area contributed by atoms with Crippen LogP contribution >= 0.6 is 11.6 Å². The summed E-state index contributed by atoms with van der Waals surface area (Å²) in [6.07, 6.45) is 0.617. The number of benzene rings is 1. The number of halogens is 1. The number of carbonyl (C=O) groups is 2. The standard InChI is InChI=1S/C18H26ClN3O6S/c1-5-28-18(24)21-10-8-20(9-11-21)17(23)13(2)22(29(4,25)26)14-6-7-16(27-3)15(19)12-14/h6-7,12-13H,5,8-11H2,1-4H3/t13-/m0/s1. The fraction of sp³-hybridized carbons (Fsp3) is 0.556. The molecular formula is C18H26ClN3O6S. The van der Waals surface area contributed by atoms with Gasteiger partial charge in [-0.3, -0.25) is 9.10 Å². The molecule has 2 amide bonds. The first-order chi connectivity index (χ1) is 13.6. The summed E-state index contributed by atoms with van der Waals surface area (Å²) in [7, 11) is -2.31. The molecule has 1 aromatic rings. The van der Waals surface area contributed by atoms with E-state index in [1.54, 1.807) is 17.9 Å². The van der Waals surface area contributed by atoms with Gasteiger partial charge in [-0.05, 0) is 32.0 Å². The largest absolute Gasteiger partial charge is 0.495 e. The molecule has 0 saturated carbocycles. The number of hydrogen-bond donors (Lipinski definition) is 0. The monoisotopic (exact) mass is 447 g/mol. The normalized spacial score (nSPS) is 15.6. The molecule has 1 heterocycles. The first-order valence-electron chi connectivity index (χ1n) is 9.13. The Morgan fingerprint density at radius 3 is 2.28 bits per heavy atom. The minimum atomic E-state index is -3.77. The summed E-state index contributed by atoms with van der Waals surface area (Å²) in [6, 6.07) is 3.55. The van der Waals surface area contributed by atoms with Crippen molar-refractivity contribution in [3.05, 3.63) is 23.2 Å². The van der Waals surface area contributed by atoms with Crippen molar-refractivity contribution in [1.29, 1.82) is 0 Å². The molecule has 1 fully saturated rings. The maximum absolute atomic E-state index is 13.0. The summed E-state index contributed by atoms with van der Waals surface area (Å²) < 4.78 is 36.0. The molecule has 29 heavy (non-hydrogen) atoms. The Morgan fingerprint density at radius 1 is 1.21 bits per heavy atom. The third kappa shape index (κ3) is 5.45. The number of sulfonamides is 1. The quantitative estimate of drug-likeness (QED) is 0.659. The molecule has 0 aliphatic carbocycles. The van der Waals surface area contributed by atoms with Gasteiger partial charge in [0.05, 0.1) is 30.7 Å². The maximum Gasteiger partial charge on any atom is 0.409 e. The summed E-state index contributed by atoms with van der Waals surface area (Å²) in [5.41, 5.74) is 0.268. The topological polar surface area (TPSA) is 96.5 Å². The fourth-order valence-corrected chi connectivity index (χ4v) is 4.60. The van der Waals surface area contributed by atoms with Gasteiger partial charge in [0.25, 0.3) is 0 Å². The predicted molar refractivity (Wildman–Crippen MR) is 110 cm³/mol. The number of hydrogen-bond acceptors (Lipinski definition) is 6. The summed E-state index contributed by atoms with van der Waals surface area (Å²) in [5.74, 6) is 0.0452. The van der Waals surface area contributed by atoms with Crippen molar-refractivity contribution in [2.75, 3.05) is 50.5 Å². The van der Waals surface area contributed by atoms with Crippen LogP contribution in [0.5, 0.6) is 5.75 Å². The summed E-state index contributed by atoms with van der Waals surface area (Å²) >= 11 is 6.14. The summed E-state index contributed by atoms with van der Waals surface area (Å²) in [5, 5.41) is 0.237. The molecule has 1 aromatic carbocycles. The van der Waals surface area contributed by atoms with E-state index >= 15 is 0 Å². The van der Waals surface area contributed by atoms with E-state index in [0.29, 0.717) is 31.9 Å². The number of anilines is 1. The molecule has 0 aromatic heterocycles. The van der Waals surface area contributed by atoms with Crippen molar-refractivity contribution in [2.24, 2.45) is 0 Å². The van der Waals surface area contributed by atoms with Crippen LogP contribution in [0.4, 0.5) is 10.5 Å². The van der Waals surface area contributed by atoms with Crippen LogP contribution in [0, 0.1) is 0 Å². The Morgan fingerprint density at radius 2 is 1.79 bits per heavy atom. The van der Waals surface area contributed by atoms with Gasteiger partial charge in [-0.2, -0.15) is 0 Å². The molecule has 2 rings (SSSR count). The van der Waals surface area contributed by atoms with Crippen molar-refractivity contribution >= 4 is 39.3 Å². The van der Waals surface area contributed by atoms with Gasteiger partial charge in [0.1, 0.15) is 11.8 Å². The first-order valence-corrected chi connectivity index (χ1v) is 11.4. The number of rotatable bonds is 6. The number of methoxy groups -OCH3 is 1. The van der Waals surface area contributed by atoms with Gasteiger partial charge in [0.15, 0.2) is 0 Å². The number of carbonyl (C=O) groups excluding carboxylic acids is 2. The predicted octanol–water partition coefficient (Wildman–Crippen LogP) is 1.80. The molecule has 9 nitrogen and oxygen atoms in total. The van der Waals surface area contributed by atoms with Gasteiger partial charge in [-0.25, -0.2) is 13.2 Å². The van der Waals surface area contributed by atoms with Crippen LogP contribution in [0.25, 0.3) is 0 Å². The van der Waals surface area contributed by atoms with Gasteiger partial charge in [-0.1, -0.05) is 11.6 Å². The third-order valence-electron chi connectivity index (χ3n) is 4.57. The Labute approximate surface area is 176 Å². The van der Waals surface area contributed by atoms with Crippen molar-refractivity contribution in [1.82, 2.24) is 9.80 Å². The Kier molecular flexibility index (Phi) is 7.59. The van der Waals surface area contributed by atoms with E-state index in [1.807, 2.05) is 0 Å². The van der Waals surface area contributed by atoms with Crippen LogP contribution in [0.1, 0.15) is 13.8 Å². The van der Waals surface area contributed by atoms with Crippen molar-refractivity contribution in [2.45, 2.75) is 19.9 Å². The molecule has 1 aliphatic rings. The average Bonchev–Trinajstić information content (AvgIpc) is 2.67. The van der Waals surface area contributed by atoms with Crippen LogP contribution < -0.4 is 9.04 Å². The number of amides is 2. The second-order valence-corrected chi connectivity index (χ2v) is 8.83. The lowest BCUT2D eigenvalue weighted by atomic mass is 10.2. The van der Waals surface area contributed by atoms with E-state index in [-0.39, 0.29) is 23.2 Å². The highest BCUT2D eigenvalue weighted by molar-refractivity contribution is 7.92. The SMILES string of the molecule is CCOC(=O)N1CCN(C(=O)[C@H](C)N(c2ccc(OC)c(Cl)c2)S(C)(=O)=O)CC1. The molecule has 0 unspecified atom stereocenters. The molecular weight excluding hydrogens is 422 g/mol. The highest BCUT2D eigenvalue weighted by Crippen LogP contribution is 2.31. The van der Waals surface area contributed by atoms with Crippen LogP contribution in [-0.2, 0) is 19.6 Å². The van der Waals surface area contributed by atoms with Gasteiger partial charge in [-0.15, -0.1) is 0 Å². The zero-order valence-corrected chi connectivity index (χ0v) is 18.5. The fourth-order valence-electron chi connectivity index (χ4n) is 3.18. The van der Waals surface area contributed by atoms with E-state index < -0.39 is 22.2 Å². The minimum absolute atomic E-state index is 0.237. The molecule has 0 N–H and O–H groups in total. The number of nitrogens with zero attached hydrogens (tertiary/aromatic N) is 3.